The van der Waals surface area contributed by atoms with Gasteiger partial charge in [0.25, 0.3) is 0 Å². The van der Waals surface area contributed by atoms with E-state index in [1.807, 2.05) is 79.7 Å². The number of hydrogen-bond acceptors (Lipinski definition) is 3. The predicted molar refractivity (Wildman–Crippen MR) is 226 cm³/mol. The molecule has 7 aromatic carbocycles. The molecule has 260 valence electrons. The molecular weight excluding hydrogens is 673 g/mol. The molecule has 0 atom stereocenters. The van der Waals surface area contributed by atoms with Crippen LogP contribution < -0.4 is 4.90 Å². The molecule has 0 aliphatic carbocycles. The number of benzene rings is 7. The maximum atomic E-state index is 9.94. The normalized spacial score (nSPS) is 12.2. The molecule has 9 rings (SSSR count). The van der Waals surface area contributed by atoms with Crippen LogP contribution in [0.3, 0.4) is 0 Å². The Morgan fingerprint density at radius 3 is 1.78 bits per heavy atom. The van der Waals surface area contributed by atoms with Gasteiger partial charge in [-0.2, -0.15) is 5.26 Å². The number of allylic oxidation sites excluding steroid dienone is 3. The van der Waals surface area contributed by atoms with Gasteiger partial charge in [-0.05, 0) is 77.7 Å². The summed E-state index contributed by atoms with van der Waals surface area (Å²) in [6.07, 6.45) is 2.00. The molecule has 55 heavy (non-hydrogen) atoms. The van der Waals surface area contributed by atoms with Gasteiger partial charge in [-0.25, -0.2) is 4.85 Å². The highest BCUT2D eigenvalue weighted by molar-refractivity contribution is 6.24. The van der Waals surface area contributed by atoms with Gasteiger partial charge in [0.2, 0.25) is 5.70 Å². The van der Waals surface area contributed by atoms with Crippen LogP contribution in [0, 0.1) is 17.9 Å². The lowest BCUT2D eigenvalue weighted by Gasteiger charge is -2.28. The Bertz CT molecular complexity index is 2930. The minimum atomic E-state index is 0.125. The molecule has 2 aromatic heterocycles. The van der Waals surface area contributed by atoms with Crippen LogP contribution >= 0.6 is 0 Å². The van der Waals surface area contributed by atoms with E-state index in [2.05, 4.69) is 124 Å². The molecule has 2 heterocycles. The molecule has 0 amide bonds. The van der Waals surface area contributed by atoms with Crippen molar-refractivity contribution in [3.63, 3.8) is 0 Å². The highest BCUT2D eigenvalue weighted by atomic mass is 16.3. The third-order valence-corrected chi connectivity index (χ3v) is 10.3. The highest BCUT2D eigenvalue weighted by Gasteiger charge is 2.24. The van der Waals surface area contributed by atoms with Crippen LogP contribution in [0.15, 0.2) is 192 Å². The first-order chi connectivity index (χ1) is 27.1. The fourth-order valence-corrected chi connectivity index (χ4v) is 7.76. The summed E-state index contributed by atoms with van der Waals surface area (Å²) < 4.78 is 8.68. The molecule has 0 saturated carbocycles. The zero-order valence-corrected chi connectivity index (χ0v) is 30.1. The zero-order valence-electron chi connectivity index (χ0n) is 30.1. The molecule has 0 aliphatic rings. The number of rotatable bonds is 8. The van der Waals surface area contributed by atoms with Gasteiger partial charge in [0.05, 0.1) is 41.2 Å². The fraction of sp³-hybridized carbons (Fsp3) is 0.0400. The molecule has 9 aromatic rings. The number of nitriles is 1. The van der Waals surface area contributed by atoms with E-state index >= 15 is 0 Å². The molecule has 0 unspecified atom stereocenters. The van der Waals surface area contributed by atoms with Crippen LogP contribution in [0.2, 0.25) is 0 Å². The quantitative estimate of drug-likeness (QED) is 0.117. The van der Waals surface area contributed by atoms with Crippen LogP contribution in [-0.4, -0.2) is 4.57 Å². The molecule has 0 spiro atoms. The molecule has 5 nitrogen and oxygen atoms in total. The van der Waals surface area contributed by atoms with Gasteiger partial charge in [0.1, 0.15) is 11.2 Å². The Morgan fingerprint density at radius 1 is 0.636 bits per heavy atom. The van der Waals surface area contributed by atoms with Crippen molar-refractivity contribution in [3.8, 4) is 28.3 Å². The van der Waals surface area contributed by atoms with Crippen LogP contribution in [0.1, 0.15) is 13.3 Å². The summed E-state index contributed by atoms with van der Waals surface area (Å²) in [4.78, 5) is 6.42. The number of anilines is 2. The minimum absolute atomic E-state index is 0.125. The van der Waals surface area contributed by atoms with Crippen LogP contribution in [0.4, 0.5) is 11.4 Å². The molecular formula is C50H34N4O. The van der Waals surface area contributed by atoms with Crippen molar-refractivity contribution in [1.82, 2.24) is 4.57 Å². The average molecular weight is 707 g/mol. The highest BCUT2D eigenvalue weighted by Crippen LogP contribution is 2.43. The lowest BCUT2D eigenvalue weighted by Crippen LogP contribution is -2.17. The summed E-state index contributed by atoms with van der Waals surface area (Å²) in [5.74, 6) is 0. The van der Waals surface area contributed by atoms with Crippen molar-refractivity contribution < 1.29 is 4.42 Å². The summed E-state index contributed by atoms with van der Waals surface area (Å²) in [5.41, 5.74) is 11.6. The van der Waals surface area contributed by atoms with Gasteiger partial charge in [0.15, 0.2) is 0 Å². The molecule has 0 saturated heterocycles. The topological polar surface area (TPSA) is 49.5 Å². The Morgan fingerprint density at radius 2 is 1.18 bits per heavy atom. The molecule has 0 radical (unpaired) electrons. The van der Waals surface area contributed by atoms with E-state index in [-0.39, 0.29) is 6.42 Å². The number of fused-ring (bicyclic) bond motifs is 7. The first-order valence-electron chi connectivity index (χ1n) is 18.3. The Kier molecular flexibility index (Phi) is 8.52. The number of furan rings is 1. The van der Waals surface area contributed by atoms with Crippen molar-refractivity contribution in [1.29, 1.82) is 5.26 Å². The van der Waals surface area contributed by atoms with Crippen molar-refractivity contribution in [2.75, 3.05) is 4.90 Å². The van der Waals surface area contributed by atoms with Gasteiger partial charge < -0.3 is 13.9 Å². The summed E-state index contributed by atoms with van der Waals surface area (Å²) in [6, 6.07) is 60.4. The van der Waals surface area contributed by atoms with E-state index in [0.29, 0.717) is 11.4 Å². The fourth-order valence-electron chi connectivity index (χ4n) is 7.76. The average Bonchev–Trinajstić information content (AvgIpc) is 3.79. The van der Waals surface area contributed by atoms with Gasteiger partial charge in [0, 0.05) is 33.2 Å². The smallest absolute Gasteiger partial charge is 0.229 e. The summed E-state index contributed by atoms with van der Waals surface area (Å²) >= 11 is 0. The van der Waals surface area contributed by atoms with E-state index < -0.39 is 0 Å². The molecule has 0 bridgehead atoms. The minimum Gasteiger partial charge on any atom is -0.455 e. The third-order valence-electron chi connectivity index (χ3n) is 10.3. The Labute approximate surface area is 319 Å². The van der Waals surface area contributed by atoms with E-state index in [1.165, 1.54) is 0 Å². The SMILES string of the molecule is [C-]#[N+]C(=C(/C)N(c1ccc(-c2ccccc2)cc1)c1ccc(-c2ccccc2)cc1)/C(=C\CC#N)n1c2ccccc2c2c3oc4ccccc4c3ccc21. The summed E-state index contributed by atoms with van der Waals surface area (Å²) in [7, 11) is 0. The Balaban J connectivity index is 1.26. The second-order valence-corrected chi connectivity index (χ2v) is 13.4. The van der Waals surface area contributed by atoms with Gasteiger partial charge in [-0.1, -0.05) is 127 Å². The van der Waals surface area contributed by atoms with Crippen molar-refractivity contribution in [2.24, 2.45) is 0 Å². The first kappa shape index (κ1) is 33.3. The molecule has 0 N–H and O–H groups in total. The predicted octanol–water partition coefficient (Wildman–Crippen LogP) is 13.8. The molecule has 5 heteroatoms. The van der Waals surface area contributed by atoms with Crippen molar-refractivity contribution in [3.05, 3.63) is 199 Å². The number of nitrogens with zero attached hydrogens (tertiary/aromatic N) is 4. The van der Waals surface area contributed by atoms with Crippen LogP contribution in [0.5, 0.6) is 0 Å². The van der Waals surface area contributed by atoms with Crippen molar-refractivity contribution >= 4 is 60.8 Å². The lowest BCUT2D eigenvalue weighted by atomic mass is 10.0. The maximum absolute atomic E-state index is 9.94. The standard InChI is InChI=1S/C50H34N4O/c1-34(53(39-27-23-37(24-28-39)35-14-5-3-6-15-35)40-29-25-38(26-30-40)36-16-7-4-8-17-36)49(52-2)46(21-13-33-51)54-44-20-11-9-19-43(44)48-45(54)32-31-42-41-18-10-12-22-47(41)55-50(42)48/h3-12,14-32H,13H2,1H3/b46-21+,49-34-. The van der Waals surface area contributed by atoms with Crippen LogP contribution in [-0.2, 0) is 0 Å². The van der Waals surface area contributed by atoms with E-state index in [9.17, 15) is 5.26 Å². The second-order valence-electron chi connectivity index (χ2n) is 13.4. The number of aromatic nitrogens is 1. The summed E-state index contributed by atoms with van der Waals surface area (Å²) in [5, 5.41) is 14.0. The van der Waals surface area contributed by atoms with Gasteiger partial charge >= 0.3 is 0 Å². The Hall–Kier alpha value is -7.60. The van der Waals surface area contributed by atoms with Crippen LogP contribution in [0.25, 0.3) is 76.5 Å². The van der Waals surface area contributed by atoms with E-state index in [0.717, 1.165) is 83.1 Å². The first-order valence-corrected chi connectivity index (χ1v) is 18.3. The molecule has 0 fully saturated rings. The number of hydrogen-bond donors (Lipinski definition) is 0. The van der Waals surface area contributed by atoms with E-state index in [1.54, 1.807) is 0 Å². The third kappa shape index (κ3) is 5.82. The monoisotopic (exact) mass is 706 g/mol. The lowest BCUT2D eigenvalue weighted by molar-refractivity contribution is 0.673. The van der Waals surface area contributed by atoms with E-state index in [4.69, 9.17) is 11.0 Å². The molecule has 0 aliphatic heterocycles. The van der Waals surface area contributed by atoms with Gasteiger partial charge in [-0.15, -0.1) is 0 Å². The van der Waals surface area contributed by atoms with Crippen molar-refractivity contribution in [2.45, 2.75) is 13.3 Å². The number of para-hydroxylation sites is 2. The maximum Gasteiger partial charge on any atom is 0.229 e. The largest absolute Gasteiger partial charge is 0.455 e. The second kappa shape index (κ2) is 14.1. The van der Waals surface area contributed by atoms with Gasteiger partial charge in [-0.3, -0.25) is 0 Å². The zero-order chi connectivity index (χ0) is 37.3. The summed E-state index contributed by atoms with van der Waals surface area (Å²) in [6.45, 7) is 10.8.